The first-order chi connectivity index (χ1) is 12.7. The summed E-state index contributed by atoms with van der Waals surface area (Å²) in [5.74, 6) is 0.162. The highest BCUT2D eigenvalue weighted by Crippen LogP contribution is 2.48. The predicted molar refractivity (Wildman–Crippen MR) is 108 cm³/mol. The summed E-state index contributed by atoms with van der Waals surface area (Å²) in [6.45, 7) is 4.00. The van der Waals surface area contributed by atoms with Crippen molar-refractivity contribution < 1.29 is 9.53 Å². The van der Waals surface area contributed by atoms with E-state index in [2.05, 4.69) is 55.8 Å². The second kappa shape index (κ2) is 7.80. The summed E-state index contributed by atoms with van der Waals surface area (Å²) >= 11 is 5.23. The normalized spacial score (nSPS) is 20.5. The van der Waals surface area contributed by atoms with Crippen LogP contribution in [0.1, 0.15) is 29.3 Å². The molecule has 1 saturated carbocycles. The molecule has 4 nitrogen and oxygen atoms in total. The van der Waals surface area contributed by atoms with Gasteiger partial charge in [0.2, 0.25) is 5.91 Å². The van der Waals surface area contributed by atoms with Crippen LogP contribution in [0, 0.1) is 0 Å². The first-order valence-electron chi connectivity index (χ1n) is 9.09. The molecule has 1 aliphatic carbocycles. The largest absolute Gasteiger partial charge is 0.379 e. The van der Waals surface area contributed by atoms with Crippen LogP contribution in [0.15, 0.2) is 46.3 Å². The van der Waals surface area contributed by atoms with Crippen LogP contribution in [0.4, 0.5) is 0 Å². The second-order valence-corrected chi connectivity index (χ2v) is 8.87. The third kappa shape index (κ3) is 3.74. The molecule has 1 amide bonds. The van der Waals surface area contributed by atoms with Gasteiger partial charge in [-0.25, -0.2) is 0 Å². The highest BCUT2D eigenvalue weighted by atomic mass is 79.9. The molecule has 1 aliphatic heterocycles. The minimum atomic E-state index is -0.328. The predicted octanol–water partition coefficient (Wildman–Crippen LogP) is 3.73. The number of carbonyl (C=O) groups excluding carboxylic acids is 1. The molecule has 1 unspecified atom stereocenters. The molecular formula is C20H23BrN2O2S. The van der Waals surface area contributed by atoms with E-state index in [4.69, 9.17) is 4.74 Å². The van der Waals surface area contributed by atoms with Gasteiger partial charge in [-0.2, -0.15) is 0 Å². The van der Waals surface area contributed by atoms with Gasteiger partial charge in [-0.1, -0.05) is 34.1 Å². The number of nitrogens with one attached hydrogen (secondary N) is 1. The Labute approximate surface area is 166 Å². The fraction of sp³-hybridized carbons (Fsp3) is 0.450. The molecule has 2 aromatic rings. The molecule has 1 aromatic carbocycles. The van der Waals surface area contributed by atoms with Gasteiger partial charge < -0.3 is 10.1 Å². The van der Waals surface area contributed by atoms with Gasteiger partial charge in [0.25, 0.3) is 0 Å². The molecule has 6 heteroatoms. The van der Waals surface area contributed by atoms with Crippen LogP contribution in [0.2, 0.25) is 0 Å². The Hall–Kier alpha value is -1.21. The highest BCUT2D eigenvalue weighted by molar-refractivity contribution is 9.10. The van der Waals surface area contributed by atoms with E-state index in [0.29, 0.717) is 6.54 Å². The fourth-order valence-electron chi connectivity index (χ4n) is 3.68. The van der Waals surface area contributed by atoms with Gasteiger partial charge in [-0.05, 0) is 42.0 Å². The van der Waals surface area contributed by atoms with E-state index in [0.717, 1.165) is 49.2 Å². The maximum atomic E-state index is 13.0. The summed E-state index contributed by atoms with van der Waals surface area (Å²) in [5.41, 5.74) is 0.795. The number of amides is 1. The Morgan fingerprint density at radius 3 is 2.58 bits per heavy atom. The number of halogens is 1. The molecule has 2 heterocycles. The first kappa shape index (κ1) is 18.2. The van der Waals surface area contributed by atoms with E-state index in [1.807, 2.05) is 12.1 Å². The molecule has 0 bridgehead atoms. The number of carbonyl (C=O) groups is 1. The second-order valence-electron chi connectivity index (χ2n) is 6.98. The SMILES string of the molecule is O=C(NCC(c1cccs1)N1CCOCC1)C1(c2ccc(Br)cc2)CC1. The first-order valence-corrected chi connectivity index (χ1v) is 10.8. The highest BCUT2D eigenvalue weighted by Gasteiger charge is 2.51. The molecule has 26 heavy (non-hydrogen) atoms. The Balaban J connectivity index is 1.45. The number of hydrogen-bond donors (Lipinski definition) is 1. The molecule has 0 spiro atoms. The smallest absolute Gasteiger partial charge is 0.230 e. The summed E-state index contributed by atoms with van der Waals surface area (Å²) < 4.78 is 6.54. The Bertz CT molecular complexity index is 738. The van der Waals surface area contributed by atoms with Gasteiger partial charge in [0, 0.05) is 29.0 Å². The van der Waals surface area contributed by atoms with Gasteiger partial charge in [0.1, 0.15) is 0 Å². The lowest BCUT2D eigenvalue weighted by Gasteiger charge is -2.34. The van der Waals surface area contributed by atoms with E-state index >= 15 is 0 Å². The van der Waals surface area contributed by atoms with Crippen molar-refractivity contribution in [3.63, 3.8) is 0 Å². The lowest BCUT2D eigenvalue weighted by atomic mass is 9.95. The zero-order valence-corrected chi connectivity index (χ0v) is 17.0. The number of nitrogens with zero attached hydrogens (tertiary/aromatic N) is 1. The number of ether oxygens (including phenoxy) is 1. The summed E-state index contributed by atoms with van der Waals surface area (Å²) in [6.07, 6.45) is 1.86. The molecule has 1 aromatic heterocycles. The molecule has 1 saturated heterocycles. The Kier molecular flexibility index (Phi) is 5.45. The van der Waals surface area contributed by atoms with Crippen LogP contribution in [0.25, 0.3) is 0 Å². The monoisotopic (exact) mass is 434 g/mol. The van der Waals surface area contributed by atoms with Crippen molar-refractivity contribution in [3.8, 4) is 0 Å². The lowest BCUT2D eigenvalue weighted by molar-refractivity contribution is -0.123. The average Bonchev–Trinajstić information content (AvgIpc) is 3.31. The van der Waals surface area contributed by atoms with E-state index < -0.39 is 0 Å². The summed E-state index contributed by atoms with van der Waals surface area (Å²) in [6, 6.07) is 12.6. The van der Waals surface area contributed by atoms with Gasteiger partial charge in [-0.3, -0.25) is 9.69 Å². The summed E-state index contributed by atoms with van der Waals surface area (Å²) in [7, 11) is 0. The van der Waals surface area contributed by atoms with Crippen molar-refractivity contribution in [2.75, 3.05) is 32.8 Å². The van der Waals surface area contributed by atoms with Crippen molar-refractivity contribution in [1.82, 2.24) is 10.2 Å². The van der Waals surface area contributed by atoms with Crippen LogP contribution >= 0.6 is 27.3 Å². The van der Waals surface area contributed by atoms with Crippen LogP contribution in [0.5, 0.6) is 0 Å². The standard InChI is InChI=1S/C20H23BrN2O2S/c21-16-5-3-15(4-6-16)20(7-8-20)19(24)22-14-17(18-2-1-13-26-18)23-9-11-25-12-10-23/h1-6,13,17H,7-12,14H2,(H,22,24). The molecule has 4 rings (SSSR count). The Morgan fingerprint density at radius 1 is 1.23 bits per heavy atom. The van der Waals surface area contributed by atoms with Crippen LogP contribution in [-0.4, -0.2) is 43.7 Å². The van der Waals surface area contributed by atoms with E-state index in [1.165, 1.54) is 4.88 Å². The average molecular weight is 435 g/mol. The number of hydrogen-bond acceptors (Lipinski definition) is 4. The number of thiophene rings is 1. The summed E-state index contributed by atoms with van der Waals surface area (Å²) in [4.78, 5) is 16.7. The minimum absolute atomic E-state index is 0.162. The molecular weight excluding hydrogens is 412 g/mol. The minimum Gasteiger partial charge on any atom is -0.379 e. The zero-order valence-electron chi connectivity index (χ0n) is 14.6. The van der Waals surface area contributed by atoms with E-state index in [1.54, 1.807) is 11.3 Å². The van der Waals surface area contributed by atoms with Crippen molar-refractivity contribution in [1.29, 1.82) is 0 Å². The van der Waals surface area contributed by atoms with Gasteiger partial charge in [0.15, 0.2) is 0 Å². The van der Waals surface area contributed by atoms with Crippen molar-refractivity contribution in [3.05, 3.63) is 56.7 Å². The number of benzene rings is 1. The maximum Gasteiger partial charge on any atom is 0.230 e. The van der Waals surface area contributed by atoms with E-state index in [-0.39, 0.29) is 17.4 Å². The zero-order chi connectivity index (χ0) is 18.0. The van der Waals surface area contributed by atoms with Crippen molar-refractivity contribution in [2.45, 2.75) is 24.3 Å². The van der Waals surface area contributed by atoms with Crippen LogP contribution in [-0.2, 0) is 14.9 Å². The number of rotatable bonds is 6. The van der Waals surface area contributed by atoms with Gasteiger partial charge in [-0.15, -0.1) is 11.3 Å². The maximum absolute atomic E-state index is 13.0. The molecule has 2 aliphatic rings. The van der Waals surface area contributed by atoms with Crippen LogP contribution < -0.4 is 5.32 Å². The third-order valence-electron chi connectivity index (χ3n) is 5.40. The van der Waals surface area contributed by atoms with Gasteiger partial charge >= 0.3 is 0 Å². The fourth-order valence-corrected chi connectivity index (χ4v) is 4.80. The van der Waals surface area contributed by atoms with Crippen molar-refractivity contribution in [2.24, 2.45) is 0 Å². The quantitative estimate of drug-likeness (QED) is 0.752. The molecule has 138 valence electrons. The Morgan fingerprint density at radius 2 is 1.96 bits per heavy atom. The molecule has 1 N–H and O–H groups in total. The van der Waals surface area contributed by atoms with Gasteiger partial charge in [0.05, 0.1) is 24.7 Å². The summed E-state index contributed by atoms with van der Waals surface area (Å²) in [5, 5.41) is 5.36. The number of morpholine rings is 1. The molecule has 0 radical (unpaired) electrons. The topological polar surface area (TPSA) is 41.6 Å². The van der Waals surface area contributed by atoms with E-state index in [9.17, 15) is 4.79 Å². The van der Waals surface area contributed by atoms with Crippen LogP contribution in [0.3, 0.4) is 0 Å². The molecule has 2 fully saturated rings. The molecule has 1 atom stereocenters. The van der Waals surface area contributed by atoms with Crippen molar-refractivity contribution >= 4 is 33.2 Å². The third-order valence-corrected chi connectivity index (χ3v) is 6.90. The lowest BCUT2D eigenvalue weighted by Crippen LogP contribution is -2.45.